The zero-order valence-electron chi connectivity index (χ0n) is 12.0. The van der Waals surface area contributed by atoms with Crippen LogP contribution in [0.2, 0.25) is 0 Å². The summed E-state index contributed by atoms with van der Waals surface area (Å²) in [4.78, 5) is 0. The quantitative estimate of drug-likeness (QED) is 0.736. The Morgan fingerprint density at radius 1 is 1.06 bits per heavy atom. The normalized spacial score (nSPS) is 54.4. The van der Waals surface area contributed by atoms with Gasteiger partial charge in [-0.2, -0.15) is 0 Å². The maximum absolute atomic E-state index is 10.4. The second-order valence-electron chi connectivity index (χ2n) is 5.77. The Morgan fingerprint density at radius 3 is 2.33 bits per heavy atom. The highest BCUT2D eigenvalue weighted by Crippen LogP contribution is 2.40. The Morgan fingerprint density at radius 2 is 1.78 bits per heavy atom. The van der Waals surface area contributed by atoms with Gasteiger partial charge in [-0.15, -0.1) is 0 Å². The average molecular weight is 261 g/mol. The monoisotopic (exact) mass is 261 g/mol. The largest absolute Gasteiger partial charge is 0.387 e. The van der Waals surface area contributed by atoms with Crippen molar-refractivity contribution >= 4 is 0 Å². The van der Waals surface area contributed by atoms with Crippen molar-refractivity contribution in [1.82, 2.24) is 0 Å². The van der Waals surface area contributed by atoms with E-state index in [0.29, 0.717) is 0 Å². The lowest BCUT2D eigenvalue weighted by Gasteiger charge is -2.26. The minimum atomic E-state index is -1.92. The van der Waals surface area contributed by atoms with Gasteiger partial charge in [-0.25, -0.2) is 0 Å². The Hall–Kier alpha value is -0.240. The van der Waals surface area contributed by atoms with Crippen LogP contribution in [-0.4, -0.2) is 54.0 Å². The van der Waals surface area contributed by atoms with Gasteiger partial charge in [0.25, 0.3) is 0 Å². The molecule has 6 nitrogen and oxygen atoms in total. The molecule has 0 aromatic rings. The summed E-state index contributed by atoms with van der Waals surface area (Å²) >= 11 is 0. The summed E-state index contributed by atoms with van der Waals surface area (Å²) in [5, 5.41) is 10.4. The van der Waals surface area contributed by atoms with Gasteiger partial charge in [-0.1, -0.05) is 0 Å². The molecule has 0 bridgehead atoms. The van der Waals surface area contributed by atoms with E-state index in [0.717, 1.165) is 0 Å². The molecule has 0 saturated carbocycles. The van der Waals surface area contributed by atoms with Gasteiger partial charge >= 0.3 is 0 Å². The SMILES string of the molecule is [2H][C@]1(O)[C@@H]([C@H]2COC(C)(C)O2)O[C@@H]2OC(C)(C)O[C@@H]21. The van der Waals surface area contributed by atoms with Crippen molar-refractivity contribution in [3.8, 4) is 0 Å². The average Bonchev–Trinajstić information content (AvgIpc) is 2.80. The molecule has 0 radical (unpaired) electrons. The first-order chi connectivity index (χ1) is 8.61. The summed E-state index contributed by atoms with van der Waals surface area (Å²) in [5.41, 5.74) is 0. The summed E-state index contributed by atoms with van der Waals surface area (Å²) in [6.45, 7) is 7.27. The fourth-order valence-electron chi connectivity index (χ4n) is 2.55. The molecule has 3 aliphatic rings. The lowest BCUT2D eigenvalue weighted by atomic mass is 10.1. The summed E-state index contributed by atoms with van der Waals surface area (Å²) in [7, 11) is 0. The number of fused-ring (bicyclic) bond motifs is 1. The van der Waals surface area contributed by atoms with Crippen LogP contribution in [0.15, 0.2) is 0 Å². The first-order valence-electron chi connectivity index (χ1n) is 6.66. The predicted molar refractivity (Wildman–Crippen MR) is 59.6 cm³/mol. The van der Waals surface area contributed by atoms with E-state index >= 15 is 0 Å². The van der Waals surface area contributed by atoms with Crippen molar-refractivity contribution in [3.63, 3.8) is 0 Å². The van der Waals surface area contributed by atoms with Crippen LogP contribution >= 0.6 is 0 Å². The van der Waals surface area contributed by atoms with Crippen molar-refractivity contribution in [2.45, 2.75) is 70.0 Å². The Kier molecular flexibility index (Phi) is 2.49. The summed E-state index contributed by atoms with van der Waals surface area (Å²) < 4.78 is 35.9. The highest BCUT2D eigenvalue weighted by Gasteiger charge is 2.57. The maximum atomic E-state index is 10.4. The van der Waals surface area contributed by atoms with E-state index in [2.05, 4.69) is 0 Å². The highest BCUT2D eigenvalue weighted by molar-refractivity contribution is 4.97. The van der Waals surface area contributed by atoms with Gasteiger partial charge in [0.1, 0.15) is 24.4 Å². The molecule has 0 amide bonds. The molecular formula is C12H20O6. The van der Waals surface area contributed by atoms with E-state index in [1.807, 2.05) is 0 Å². The number of aliphatic hydroxyl groups is 1. The maximum Gasteiger partial charge on any atom is 0.190 e. The van der Waals surface area contributed by atoms with Gasteiger partial charge < -0.3 is 28.8 Å². The molecule has 0 unspecified atom stereocenters. The lowest BCUT2D eigenvalue weighted by Crippen LogP contribution is -2.42. The molecule has 0 aromatic heterocycles. The topological polar surface area (TPSA) is 66.4 Å². The van der Waals surface area contributed by atoms with E-state index in [1.54, 1.807) is 27.7 Å². The third-order valence-corrected chi connectivity index (χ3v) is 3.29. The molecule has 3 saturated heterocycles. The fraction of sp³-hybridized carbons (Fsp3) is 1.00. The van der Waals surface area contributed by atoms with Crippen LogP contribution in [0.25, 0.3) is 0 Å². The molecule has 3 aliphatic heterocycles. The van der Waals surface area contributed by atoms with Gasteiger partial charge in [0.05, 0.1) is 7.98 Å². The van der Waals surface area contributed by atoms with E-state index in [4.69, 9.17) is 25.1 Å². The van der Waals surface area contributed by atoms with E-state index in [1.165, 1.54) is 0 Å². The Labute approximate surface area is 108 Å². The number of rotatable bonds is 1. The molecule has 0 spiro atoms. The molecule has 18 heavy (non-hydrogen) atoms. The summed E-state index contributed by atoms with van der Waals surface area (Å²) in [6.07, 6.45) is -4.90. The molecule has 0 aromatic carbocycles. The minimum Gasteiger partial charge on any atom is -0.387 e. The Bertz CT molecular complexity index is 382. The van der Waals surface area contributed by atoms with Crippen LogP contribution < -0.4 is 0 Å². The first-order valence-corrected chi connectivity index (χ1v) is 6.16. The molecule has 3 rings (SSSR count). The molecule has 6 heteroatoms. The molecule has 0 aliphatic carbocycles. The third kappa shape index (κ3) is 2.07. The third-order valence-electron chi connectivity index (χ3n) is 3.29. The van der Waals surface area contributed by atoms with Crippen LogP contribution in [0.5, 0.6) is 0 Å². The predicted octanol–water partition coefficient (Wildman–Crippen LogP) is 0.375. The number of hydrogen-bond acceptors (Lipinski definition) is 6. The molecular weight excluding hydrogens is 240 g/mol. The fourth-order valence-corrected chi connectivity index (χ4v) is 2.55. The molecule has 5 atom stereocenters. The van der Waals surface area contributed by atoms with Crippen LogP contribution in [-0.2, 0) is 23.7 Å². The van der Waals surface area contributed by atoms with Gasteiger partial charge in [0.15, 0.2) is 17.9 Å². The van der Waals surface area contributed by atoms with Crippen LogP contribution in [0, 0.1) is 0 Å². The van der Waals surface area contributed by atoms with Crippen LogP contribution in [0.1, 0.15) is 29.1 Å². The zero-order valence-corrected chi connectivity index (χ0v) is 11.0. The molecule has 3 heterocycles. The highest BCUT2D eigenvalue weighted by atomic mass is 16.8. The van der Waals surface area contributed by atoms with Gasteiger partial charge in [-0.05, 0) is 27.7 Å². The van der Waals surface area contributed by atoms with Crippen molar-refractivity contribution in [1.29, 1.82) is 0 Å². The lowest BCUT2D eigenvalue weighted by molar-refractivity contribution is -0.232. The molecule has 1 N–H and O–H groups in total. The van der Waals surface area contributed by atoms with E-state index in [9.17, 15) is 5.11 Å². The van der Waals surface area contributed by atoms with E-state index in [-0.39, 0.29) is 6.61 Å². The summed E-state index contributed by atoms with van der Waals surface area (Å²) in [6, 6.07) is 0. The van der Waals surface area contributed by atoms with Crippen molar-refractivity contribution in [2.24, 2.45) is 0 Å². The minimum absolute atomic E-state index is 0.266. The van der Waals surface area contributed by atoms with E-state index < -0.39 is 42.3 Å². The standard InChI is InChI=1S/C12H20O6/c1-11(2)14-5-6(16-11)8-7(13)9-10(15-8)18-12(3,4)17-9/h6-10,13H,5H2,1-4H3/t6-,7+,8-,9-,10-/m1/s1/i7D. The zero-order chi connectivity index (χ0) is 14.1. The smallest absolute Gasteiger partial charge is 0.190 e. The number of ether oxygens (including phenoxy) is 5. The van der Waals surface area contributed by atoms with Gasteiger partial charge in [-0.3, -0.25) is 0 Å². The van der Waals surface area contributed by atoms with Crippen molar-refractivity contribution in [3.05, 3.63) is 0 Å². The van der Waals surface area contributed by atoms with Crippen molar-refractivity contribution < 1.29 is 30.2 Å². The Balaban J connectivity index is 1.77. The second-order valence-corrected chi connectivity index (χ2v) is 5.77. The first kappa shape index (κ1) is 11.6. The molecule has 104 valence electrons. The molecule has 3 fully saturated rings. The van der Waals surface area contributed by atoms with Gasteiger partial charge in [0.2, 0.25) is 0 Å². The summed E-state index contributed by atoms with van der Waals surface area (Å²) in [5.74, 6) is -1.59. The van der Waals surface area contributed by atoms with Crippen LogP contribution in [0.3, 0.4) is 0 Å². The van der Waals surface area contributed by atoms with Crippen molar-refractivity contribution in [2.75, 3.05) is 6.61 Å². The van der Waals surface area contributed by atoms with Gasteiger partial charge in [0, 0.05) is 0 Å². The van der Waals surface area contributed by atoms with Crippen LogP contribution in [0.4, 0.5) is 0 Å². The number of hydrogen-bond donors (Lipinski definition) is 1. The second kappa shape index (κ2) is 3.88.